The molecular weight excluding hydrogens is 151 g/mol. The molecule has 7 heavy (non-hydrogen) atoms. The Morgan fingerprint density at radius 1 is 1.00 bits per heavy atom. The van der Waals surface area contributed by atoms with Crippen LogP contribution in [0.1, 0.15) is 0 Å². The first-order chi connectivity index (χ1) is 3.50. The average molecular weight is 157 g/mol. The predicted octanol–water partition coefficient (Wildman–Crippen LogP) is 0.993. The minimum absolute atomic E-state index is 0.708. The van der Waals surface area contributed by atoms with Gasteiger partial charge in [-0.3, -0.25) is 0 Å². The molecule has 1 heterocycles. The van der Waals surface area contributed by atoms with Gasteiger partial charge < -0.3 is 0 Å². The SMILES string of the molecule is C#C.c1cc[se]c1. The van der Waals surface area contributed by atoms with Crippen molar-refractivity contribution in [2.24, 2.45) is 0 Å². The molecule has 0 saturated heterocycles. The Bertz CT molecular complexity index is 87.8. The van der Waals surface area contributed by atoms with E-state index in [0.717, 1.165) is 0 Å². The molecule has 0 aromatic carbocycles. The van der Waals surface area contributed by atoms with Crippen LogP contribution in [-0.2, 0) is 0 Å². The van der Waals surface area contributed by atoms with Gasteiger partial charge in [-0.05, 0) is 0 Å². The predicted molar refractivity (Wildman–Crippen MR) is 33.3 cm³/mol. The van der Waals surface area contributed by atoms with Crippen molar-refractivity contribution in [1.82, 2.24) is 0 Å². The minimum atomic E-state index is 0.708. The maximum absolute atomic E-state index is 4.00. The first kappa shape index (κ1) is 6.56. The summed E-state index contributed by atoms with van der Waals surface area (Å²) in [5.41, 5.74) is 0. The third-order valence-corrected chi connectivity index (χ3v) is 1.74. The number of terminal acetylenes is 1. The van der Waals surface area contributed by atoms with Gasteiger partial charge in [0.25, 0.3) is 0 Å². The molecule has 0 amide bonds. The van der Waals surface area contributed by atoms with Crippen molar-refractivity contribution in [2.75, 3.05) is 0 Å². The molecule has 0 atom stereocenters. The normalized spacial score (nSPS) is 6.00. The molecule has 0 N–H and O–H groups in total. The van der Waals surface area contributed by atoms with E-state index < -0.39 is 0 Å². The average Bonchev–Trinajstić information content (AvgIpc) is 2.23. The molecule has 0 fully saturated rings. The van der Waals surface area contributed by atoms with Crippen LogP contribution >= 0.6 is 0 Å². The van der Waals surface area contributed by atoms with Gasteiger partial charge in [0.2, 0.25) is 0 Å². The second kappa shape index (κ2) is 5.56. The number of hydrogen-bond donors (Lipinski definition) is 0. The van der Waals surface area contributed by atoms with Gasteiger partial charge in [0, 0.05) is 0 Å². The Morgan fingerprint density at radius 3 is 1.57 bits per heavy atom. The monoisotopic (exact) mass is 158 g/mol. The molecule has 1 aromatic rings. The van der Waals surface area contributed by atoms with Gasteiger partial charge in [-0.1, -0.05) is 0 Å². The molecule has 1 aromatic heterocycles. The third kappa shape index (κ3) is 3.39. The summed E-state index contributed by atoms with van der Waals surface area (Å²) in [6.45, 7) is 0. The Hall–Kier alpha value is -0.441. The van der Waals surface area contributed by atoms with E-state index in [1.807, 2.05) is 0 Å². The zero-order valence-corrected chi connectivity index (χ0v) is 5.59. The first-order valence-electron chi connectivity index (χ1n) is 1.80. The van der Waals surface area contributed by atoms with E-state index in [1.54, 1.807) is 0 Å². The molecule has 0 nitrogen and oxygen atoms in total. The van der Waals surface area contributed by atoms with Crippen LogP contribution in [0.5, 0.6) is 0 Å². The van der Waals surface area contributed by atoms with Crippen molar-refractivity contribution in [3.63, 3.8) is 0 Å². The van der Waals surface area contributed by atoms with E-state index in [1.165, 1.54) is 0 Å². The topological polar surface area (TPSA) is 0 Å². The van der Waals surface area contributed by atoms with Crippen LogP contribution in [0.25, 0.3) is 0 Å². The molecule has 0 aliphatic carbocycles. The van der Waals surface area contributed by atoms with Gasteiger partial charge in [-0.2, -0.15) is 0 Å². The van der Waals surface area contributed by atoms with Crippen LogP contribution < -0.4 is 0 Å². The van der Waals surface area contributed by atoms with Gasteiger partial charge in [-0.25, -0.2) is 0 Å². The fourth-order valence-electron chi connectivity index (χ4n) is 0.227. The summed E-state index contributed by atoms with van der Waals surface area (Å²) in [6, 6.07) is 4.17. The summed E-state index contributed by atoms with van der Waals surface area (Å²) in [7, 11) is 0. The molecule has 1 rings (SSSR count). The van der Waals surface area contributed by atoms with Crippen molar-refractivity contribution >= 4 is 14.5 Å². The van der Waals surface area contributed by atoms with Crippen molar-refractivity contribution in [1.29, 1.82) is 0 Å². The molecule has 0 bridgehead atoms. The van der Waals surface area contributed by atoms with Crippen molar-refractivity contribution in [2.45, 2.75) is 0 Å². The number of hydrogen-bond acceptors (Lipinski definition) is 0. The van der Waals surface area contributed by atoms with Crippen LogP contribution in [-0.4, -0.2) is 14.5 Å². The fourth-order valence-corrected chi connectivity index (χ4v) is 1.18. The molecule has 0 radical (unpaired) electrons. The first-order valence-corrected chi connectivity index (χ1v) is 3.78. The van der Waals surface area contributed by atoms with E-state index >= 15 is 0 Å². The second-order valence-corrected chi connectivity index (χ2v) is 2.51. The summed E-state index contributed by atoms with van der Waals surface area (Å²) in [6.07, 6.45) is 8.00. The van der Waals surface area contributed by atoms with Crippen molar-refractivity contribution in [3.8, 4) is 12.8 Å². The van der Waals surface area contributed by atoms with E-state index in [-0.39, 0.29) is 0 Å². The van der Waals surface area contributed by atoms with Gasteiger partial charge in [0.15, 0.2) is 0 Å². The quantitative estimate of drug-likeness (QED) is 0.389. The summed E-state index contributed by atoms with van der Waals surface area (Å²) < 4.78 is 0. The van der Waals surface area contributed by atoms with Gasteiger partial charge in [-0.15, -0.1) is 12.8 Å². The van der Waals surface area contributed by atoms with E-state index in [9.17, 15) is 0 Å². The Morgan fingerprint density at radius 2 is 1.43 bits per heavy atom. The summed E-state index contributed by atoms with van der Waals surface area (Å²) in [4.78, 5) is 4.38. The van der Waals surface area contributed by atoms with Crippen LogP contribution in [0.15, 0.2) is 22.0 Å². The summed E-state index contributed by atoms with van der Waals surface area (Å²) in [5.74, 6) is 0. The number of rotatable bonds is 0. The Balaban J connectivity index is 0.000000162. The molecular formula is C6H6Se. The zero-order valence-electron chi connectivity index (χ0n) is 3.87. The fraction of sp³-hybridized carbons (Fsp3) is 0. The molecule has 0 aliphatic rings. The third-order valence-electron chi connectivity index (χ3n) is 0.425. The molecule has 0 spiro atoms. The maximum atomic E-state index is 4.00. The van der Waals surface area contributed by atoms with E-state index in [0.29, 0.717) is 14.5 Å². The Labute approximate surface area is 49.9 Å². The van der Waals surface area contributed by atoms with E-state index in [2.05, 4.69) is 34.9 Å². The Kier molecular flexibility index (Phi) is 5.21. The van der Waals surface area contributed by atoms with Crippen LogP contribution in [0.4, 0.5) is 0 Å². The molecule has 0 aliphatic heterocycles. The van der Waals surface area contributed by atoms with Crippen LogP contribution in [0, 0.1) is 12.8 Å². The van der Waals surface area contributed by atoms with Crippen molar-refractivity contribution < 1.29 is 0 Å². The summed E-state index contributed by atoms with van der Waals surface area (Å²) >= 11 is 0.708. The van der Waals surface area contributed by atoms with Gasteiger partial charge in [0.1, 0.15) is 0 Å². The van der Waals surface area contributed by atoms with Crippen LogP contribution in [0.2, 0.25) is 0 Å². The molecule has 0 unspecified atom stereocenters. The van der Waals surface area contributed by atoms with Crippen LogP contribution in [0.3, 0.4) is 0 Å². The standard InChI is InChI=1S/C4H4Se.C2H2/c1-2-4-5-3-1;1-2/h1-4H;1-2H. The second-order valence-electron chi connectivity index (χ2n) is 0.793. The molecule has 36 valence electrons. The van der Waals surface area contributed by atoms with Gasteiger partial charge >= 0.3 is 36.5 Å². The van der Waals surface area contributed by atoms with Gasteiger partial charge in [0.05, 0.1) is 0 Å². The molecule has 1 heteroatoms. The summed E-state index contributed by atoms with van der Waals surface area (Å²) in [5, 5.41) is 0. The van der Waals surface area contributed by atoms with E-state index in [4.69, 9.17) is 0 Å². The van der Waals surface area contributed by atoms with Crippen molar-refractivity contribution in [3.05, 3.63) is 22.0 Å². The zero-order chi connectivity index (χ0) is 5.54. The molecule has 0 saturated carbocycles.